The van der Waals surface area contributed by atoms with Gasteiger partial charge in [-0.25, -0.2) is 9.59 Å². The van der Waals surface area contributed by atoms with Gasteiger partial charge in [-0.15, -0.1) is 0 Å². The summed E-state index contributed by atoms with van der Waals surface area (Å²) in [7, 11) is 0. The molecule has 8 heteroatoms. The number of hydrogen-bond donors (Lipinski definition) is 3. The standard InChI is InChI=1S/C17H16N4.C4H4O4/c1-5-13-6-2-8-15-16(13)14(7-1)17(20-15)18-9-3-11-21-12-4-10-19-21;5-3(6)1-2-4(7)8/h1-2,4-8,10,12H,3,9,11H2,(H,18,20);1-2H,(H,5,6)(H,7,8)/b;2-1+. The first kappa shape index (κ1) is 19.8. The third-order valence-electron chi connectivity index (χ3n) is 4.16. The van der Waals surface area contributed by atoms with E-state index in [0.717, 1.165) is 31.0 Å². The number of benzene rings is 2. The number of aliphatic imine (C=N–C) groups is 1. The summed E-state index contributed by atoms with van der Waals surface area (Å²) >= 11 is 0. The highest BCUT2D eigenvalue weighted by atomic mass is 16.4. The zero-order valence-electron chi connectivity index (χ0n) is 15.5. The van der Waals surface area contributed by atoms with Gasteiger partial charge in [0.15, 0.2) is 0 Å². The van der Waals surface area contributed by atoms with Crippen LogP contribution in [0.15, 0.2) is 72.0 Å². The molecular formula is C21H20N4O4. The molecule has 0 spiro atoms. The molecule has 8 nitrogen and oxygen atoms in total. The second-order valence-electron chi connectivity index (χ2n) is 6.20. The molecule has 3 N–H and O–H groups in total. The van der Waals surface area contributed by atoms with Crippen LogP contribution in [0.5, 0.6) is 0 Å². The lowest BCUT2D eigenvalue weighted by atomic mass is 10.1. The molecule has 0 amide bonds. The summed E-state index contributed by atoms with van der Waals surface area (Å²) in [6.07, 6.45) is 5.89. The Morgan fingerprint density at radius 3 is 2.45 bits per heavy atom. The molecule has 3 aromatic rings. The second kappa shape index (κ2) is 9.32. The predicted molar refractivity (Wildman–Crippen MR) is 110 cm³/mol. The van der Waals surface area contributed by atoms with Crippen LogP contribution in [0.1, 0.15) is 12.0 Å². The van der Waals surface area contributed by atoms with Crippen LogP contribution >= 0.6 is 0 Å². The highest BCUT2D eigenvalue weighted by Crippen LogP contribution is 2.32. The summed E-state index contributed by atoms with van der Waals surface area (Å²) in [5, 5.41) is 25.8. The first-order valence-corrected chi connectivity index (χ1v) is 8.99. The van der Waals surface area contributed by atoms with Crippen molar-refractivity contribution in [3.63, 3.8) is 0 Å². The average Bonchev–Trinajstić information content (AvgIpc) is 3.34. The van der Waals surface area contributed by atoms with Gasteiger partial charge in [0.25, 0.3) is 0 Å². The molecule has 1 aliphatic heterocycles. The number of carbonyl (C=O) groups is 2. The van der Waals surface area contributed by atoms with E-state index in [-0.39, 0.29) is 0 Å². The Bertz CT molecular complexity index is 1050. The average molecular weight is 392 g/mol. The Morgan fingerprint density at radius 1 is 1.07 bits per heavy atom. The molecule has 0 fully saturated rings. The quantitative estimate of drug-likeness (QED) is 0.439. The topological polar surface area (TPSA) is 117 Å². The Morgan fingerprint density at radius 2 is 1.79 bits per heavy atom. The minimum atomic E-state index is -1.26. The summed E-state index contributed by atoms with van der Waals surface area (Å²) in [6.45, 7) is 1.70. The maximum absolute atomic E-state index is 9.55. The van der Waals surface area contributed by atoms with Crippen LogP contribution < -0.4 is 5.32 Å². The lowest BCUT2D eigenvalue weighted by Crippen LogP contribution is -2.09. The number of anilines is 1. The lowest BCUT2D eigenvalue weighted by Gasteiger charge is -2.02. The van der Waals surface area contributed by atoms with E-state index in [2.05, 4.69) is 46.8 Å². The largest absolute Gasteiger partial charge is 0.478 e. The smallest absolute Gasteiger partial charge is 0.328 e. The minimum Gasteiger partial charge on any atom is -0.478 e. The first-order valence-electron chi connectivity index (χ1n) is 8.99. The van der Waals surface area contributed by atoms with Crippen molar-refractivity contribution in [2.45, 2.75) is 13.0 Å². The predicted octanol–water partition coefficient (Wildman–Crippen LogP) is 3.01. The molecule has 0 saturated carbocycles. The molecule has 1 aromatic heterocycles. The van der Waals surface area contributed by atoms with Gasteiger partial charge in [0.1, 0.15) is 5.84 Å². The van der Waals surface area contributed by atoms with Crippen molar-refractivity contribution in [1.82, 2.24) is 9.78 Å². The molecule has 4 rings (SSSR count). The van der Waals surface area contributed by atoms with Crippen molar-refractivity contribution in [2.24, 2.45) is 4.99 Å². The van der Waals surface area contributed by atoms with E-state index in [1.165, 1.54) is 16.3 Å². The van der Waals surface area contributed by atoms with Crippen molar-refractivity contribution in [3.8, 4) is 0 Å². The summed E-state index contributed by atoms with van der Waals surface area (Å²) in [5.74, 6) is -1.53. The molecule has 0 radical (unpaired) electrons. The second-order valence-corrected chi connectivity index (χ2v) is 6.20. The van der Waals surface area contributed by atoms with Gasteiger partial charge in [0, 0.05) is 54.3 Å². The fraction of sp³-hybridized carbons (Fsp3) is 0.143. The van der Waals surface area contributed by atoms with Gasteiger partial charge in [-0.3, -0.25) is 9.67 Å². The van der Waals surface area contributed by atoms with E-state index < -0.39 is 11.9 Å². The molecule has 0 bridgehead atoms. The molecule has 0 unspecified atom stereocenters. The zero-order chi connectivity index (χ0) is 20.6. The van der Waals surface area contributed by atoms with E-state index in [4.69, 9.17) is 15.2 Å². The summed E-state index contributed by atoms with van der Waals surface area (Å²) < 4.78 is 1.94. The molecule has 2 heterocycles. The van der Waals surface area contributed by atoms with Gasteiger partial charge in [-0.1, -0.05) is 30.3 Å². The van der Waals surface area contributed by atoms with Gasteiger partial charge < -0.3 is 15.5 Å². The van der Waals surface area contributed by atoms with Crippen molar-refractivity contribution >= 4 is 34.2 Å². The van der Waals surface area contributed by atoms with Crippen LogP contribution in [0, 0.1) is 0 Å². The van der Waals surface area contributed by atoms with Gasteiger partial charge >= 0.3 is 11.9 Å². The third kappa shape index (κ3) is 5.29. The number of amidine groups is 1. The van der Waals surface area contributed by atoms with Crippen LogP contribution in [-0.2, 0) is 16.1 Å². The SMILES string of the molecule is O=C(O)/C=C/C(=O)O.c1cc2c3c(cccc3c1)C(=NCCCn1cccn1)N2. The number of nitrogens with one attached hydrogen (secondary N) is 1. The van der Waals surface area contributed by atoms with E-state index in [1.54, 1.807) is 0 Å². The number of nitrogens with zero attached hydrogens (tertiary/aromatic N) is 3. The number of carboxylic acids is 2. The maximum atomic E-state index is 9.55. The molecule has 0 aliphatic carbocycles. The highest BCUT2D eigenvalue weighted by Gasteiger charge is 2.18. The summed E-state index contributed by atoms with van der Waals surface area (Å²) in [4.78, 5) is 23.8. The van der Waals surface area contributed by atoms with Gasteiger partial charge in [0.05, 0.1) is 0 Å². The minimum absolute atomic E-state index is 0.558. The Kier molecular flexibility index (Phi) is 6.36. The molecule has 148 valence electrons. The van der Waals surface area contributed by atoms with Crippen LogP contribution in [0.3, 0.4) is 0 Å². The van der Waals surface area contributed by atoms with Crippen molar-refractivity contribution in [2.75, 3.05) is 11.9 Å². The van der Waals surface area contributed by atoms with E-state index in [0.29, 0.717) is 12.2 Å². The van der Waals surface area contributed by atoms with E-state index >= 15 is 0 Å². The Balaban J connectivity index is 0.000000258. The highest BCUT2D eigenvalue weighted by molar-refractivity contribution is 6.25. The molecule has 2 aromatic carbocycles. The first-order chi connectivity index (χ1) is 14.0. The van der Waals surface area contributed by atoms with Crippen LogP contribution in [-0.4, -0.2) is 44.3 Å². The van der Waals surface area contributed by atoms with E-state index in [1.807, 2.05) is 23.1 Å². The van der Waals surface area contributed by atoms with Crippen molar-refractivity contribution in [3.05, 3.63) is 72.6 Å². The maximum Gasteiger partial charge on any atom is 0.328 e. The number of rotatable bonds is 6. The fourth-order valence-electron chi connectivity index (χ4n) is 2.96. The lowest BCUT2D eigenvalue weighted by molar-refractivity contribution is -0.134. The monoisotopic (exact) mass is 392 g/mol. The number of aryl methyl sites for hydroxylation is 1. The number of carboxylic acid groups (broad SMARTS) is 2. The number of hydrogen-bond acceptors (Lipinski definition) is 4. The van der Waals surface area contributed by atoms with Crippen LogP contribution in [0.25, 0.3) is 10.8 Å². The Labute approximate surface area is 166 Å². The molecule has 29 heavy (non-hydrogen) atoms. The summed E-state index contributed by atoms with van der Waals surface area (Å²) in [5.41, 5.74) is 2.37. The fourth-order valence-corrected chi connectivity index (χ4v) is 2.96. The summed E-state index contributed by atoms with van der Waals surface area (Å²) in [6, 6.07) is 14.6. The zero-order valence-corrected chi connectivity index (χ0v) is 15.5. The van der Waals surface area contributed by atoms with Crippen molar-refractivity contribution in [1.29, 1.82) is 0 Å². The normalized spacial score (nSPS) is 13.3. The number of aromatic nitrogens is 2. The van der Waals surface area contributed by atoms with Gasteiger partial charge in [0.2, 0.25) is 0 Å². The molecular weight excluding hydrogens is 372 g/mol. The molecule has 1 aliphatic rings. The molecule has 0 saturated heterocycles. The van der Waals surface area contributed by atoms with Crippen molar-refractivity contribution < 1.29 is 19.8 Å². The van der Waals surface area contributed by atoms with Crippen LogP contribution in [0.2, 0.25) is 0 Å². The van der Waals surface area contributed by atoms with Gasteiger partial charge in [-0.05, 0) is 23.9 Å². The Hall–Kier alpha value is -3.94. The van der Waals surface area contributed by atoms with Crippen LogP contribution in [0.4, 0.5) is 5.69 Å². The van der Waals surface area contributed by atoms with Gasteiger partial charge in [-0.2, -0.15) is 5.10 Å². The van der Waals surface area contributed by atoms with E-state index in [9.17, 15) is 9.59 Å². The third-order valence-corrected chi connectivity index (χ3v) is 4.16. The molecule has 0 atom stereocenters. The number of aliphatic carboxylic acids is 2.